The Morgan fingerprint density at radius 1 is 1.07 bits per heavy atom. The van der Waals surface area contributed by atoms with Gasteiger partial charge in [-0.2, -0.15) is 4.68 Å². The van der Waals surface area contributed by atoms with E-state index in [2.05, 4.69) is 26.5 Å². The van der Waals surface area contributed by atoms with Crippen molar-refractivity contribution in [3.8, 4) is 12.3 Å². The fourth-order valence-electron chi connectivity index (χ4n) is 3.47. The van der Waals surface area contributed by atoms with E-state index in [4.69, 9.17) is 6.42 Å². The Kier molecular flexibility index (Phi) is 4.13. The van der Waals surface area contributed by atoms with Gasteiger partial charge >= 0.3 is 0 Å². The number of nitrogens with zero attached hydrogens (tertiary/aromatic N) is 6. The molecule has 0 saturated heterocycles. The molecule has 9 heteroatoms. The number of benzene rings is 2. The Morgan fingerprint density at radius 2 is 1.77 bits per heavy atom. The van der Waals surface area contributed by atoms with Gasteiger partial charge in [0.1, 0.15) is 22.9 Å². The van der Waals surface area contributed by atoms with Crippen molar-refractivity contribution in [1.82, 2.24) is 30.0 Å². The average Bonchev–Trinajstić information content (AvgIpc) is 3.58. The van der Waals surface area contributed by atoms with Crippen LogP contribution in [-0.2, 0) is 6.42 Å². The van der Waals surface area contributed by atoms with Gasteiger partial charge in [-0.25, -0.2) is 9.07 Å². The lowest BCUT2D eigenvalue weighted by molar-refractivity contribution is 0.498. The fraction of sp³-hybridized carbons (Fsp3) is 0.238. The zero-order valence-electron chi connectivity index (χ0n) is 15.7. The number of hydrogen-bond acceptors (Lipinski definition) is 6. The highest BCUT2D eigenvalue weighted by Gasteiger charge is 2.27. The third-order valence-electron chi connectivity index (χ3n) is 5.19. The first kappa shape index (κ1) is 18.1. The molecule has 0 bridgehead atoms. The van der Waals surface area contributed by atoms with Gasteiger partial charge in [0, 0.05) is 6.42 Å². The number of hydrogen-bond donors (Lipinski definition) is 0. The zero-order chi connectivity index (χ0) is 20.8. The molecule has 0 N–H and O–H groups in total. The second-order valence-electron chi connectivity index (χ2n) is 7.31. The van der Waals surface area contributed by atoms with Crippen LogP contribution < -0.4 is 11.1 Å². The molecule has 0 unspecified atom stereocenters. The lowest BCUT2D eigenvalue weighted by Crippen LogP contribution is -2.29. The first-order valence-corrected chi connectivity index (χ1v) is 9.44. The SMILES string of the molecule is C#C[C@H](Cc1cccc(F)c1)n1nnc2cc3c(=O)n(C4CC4)nnc3cc2c1=O. The van der Waals surface area contributed by atoms with Gasteiger partial charge in [0.15, 0.2) is 0 Å². The first-order chi connectivity index (χ1) is 14.5. The molecular weight excluding hydrogens is 387 g/mol. The number of fused-ring (bicyclic) bond motifs is 2. The van der Waals surface area contributed by atoms with Gasteiger partial charge < -0.3 is 0 Å². The van der Waals surface area contributed by atoms with Crippen LogP contribution in [0.3, 0.4) is 0 Å². The summed E-state index contributed by atoms with van der Waals surface area (Å²) in [6.07, 6.45) is 7.64. The van der Waals surface area contributed by atoms with Crippen molar-refractivity contribution in [3.63, 3.8) is 0 Å². The highest BCUT2D eigenvalue weighted by atomic mass is 19.1. The van der Waals surface area contributed by atoms with E-state index in [0.717, 1.165) is 17.5 Å². The molecule has 0 aliphatic heterocycles. The minimum atomic E-state index is -0.749. The van der Waals surface area contributed by atoms with Gasteiger partial charge in [0.2, 0.25) is 0 Å². The van der Waals surface area contributed by atoms with Gasteiger partial charge in [-0.15, -0.1) is 16.6 Å². The van der Waals surface area contributed by atoms with Crippen LogP contribution in [0, 0.1) is 18.2 Å². The Hall–Kier alpha value is -3.93. The van der Waals surface area contributed by atoms with E-state index in [9.17, 15) is 14.0 Å². The monoisotopic (exact) mass is 402 g/mol. The summed E-state index contributed by atoms with van der Waals surface area (Å²) in [7, 11) is 0. The lowest BCUT2D eigenvalue weighted by Gasteiger charge is -2.13. The molecule has 0 amide bonds. The summed E-state index contributed by atoms with van der Waals surface area (Å²) in [6, 6.07) is 8.32. The van der Waals surface area contributed by atoms with Crippen molar-refractivity contribution in [2.45, 2.75) is 31.3 Å². The molecule has 5 rings (SSSR count). The number of halogens is 1. The van der Waals surface area contributed by atoms with Crippen LogP contribution in [0.4, 0.5) is 4.39 Å². The molecule has 1 aliphatic carbocycles. The molecule has 30 heavy (non-hydrogen) atoms. The van der Waals surface area contributed by atoms with Crippen molar-refractivity contribution in [2.24, 2.45) is 0 Å². The van der Waals surface area contributed by atoms with Crippen LogP contribution in [0.1, 0.15) is 30.5 Å². The Morgan fingerprint density at radius 3 is 2.43 bits per heavy atom. The molecule has 148 valence electrons. The first-order valence-electron chi connectivity index (χ1n) is 9.44. The van der Waals surface area contributed by atoms with E-state index in [-0.39, 0.29) is 34.7 Å². The van der Waals surface area contributed by atoms with Crippen molar-refractivity contribution < 1.29 is 4.39 Å². The van der Waals surface area contributed by atoms with Crippen LogP contribution in [0.5, 0.6) is 0 Å². The Labute approximate surface area is 169 Å². The van der Waals surface area contributed by atoms with Gasteiger partial charge in [-0.1, -0.05) is 28.5 Å². The zero-order valence-corrected chi connectivity index (χ0v) is 15.7. The van der Waals surface area contributed by atoms with Gasteiger partial charge in [0.25, 0.3) is 11.1 Å². The molecule has 2 aromatic carbocycles. The maximum absolute atomic E-state index is 13.5. The third-order valence-corrected chi connectivity index (χ3v) is 5.19. The van der Waals surface area contributed by atoms with Crippen LogP contribution >= 0.6 is 0 Å². The largest absolute Gasteiger partial charge is 0.278 e. The second kappa shape index (κ2) is 6.84. The molecule has 0 radical (unpaired) electrons. The van der Waals surface area contributed by atoms with Crippen LogP contribution in [0.15, 0.2) is 46.0 Å². The summed E-state index contributed by atoms with van der Waals surface area (Å²) in [5, 5.41) is 16.7. The number of rotatable bonds is 4. The van der Waals surface area contributed by atoms with E-state index >= 15 is 0 Å². The quantitative estimate of drug-likeness (QED) is 0.382. The van der Waals surface area contributed by atoms with Gasteiger partial charge in [0.05, 0.1) is 16.8 Å². The van der Waals surface area contributed by atoms with E-state index < -0.39 is 11.6 Å². The lowest BCUT2D eigenvalue weighted by atomic mass is 10.1. The summed E-state index contributed by atoms with van der Waals surface area (Å²) >= 11 is 0. The van der Waals surface area contributed by atoms with E-state index in [1.54, 1.807) is 12.1 Å². The molecule has 1 fully saturated rings. The molecule has 1 atom stereocenters. The molecule has 2 aromatic heterocycles. The molecular formula is C21H15FN6O2. The summed E-state index contributed by atoms with van der Waals surface area (Å²) in [6.45, 7) is 0. The Bertz CT molecular complexity index is 1460. The minimum absolute atomic E-state index is 0.0865. The highest BCUT2D eigenvalue weighted by molar-refractivity contribution is 5.93. The number of terminal acetylenes is 1. The second-order valence-corrected chi connectivity index (χ2v) is 7.31. The van der Waals surface area contributed by atoms with Gasteiger partial charge in [-0.05, 0) is 42.7 Å². The van der Waals surface area contributed by atoms with Gasteiger partial charge in [-0.3, -0.25) is 9.59 Å². The van der Waals surface area contributed by atoms with E-state index in [1.807, 2.05) is 0 Å². The van der Waals surface area contributed by atoms with E-state index in [0.29, 0.717) is 16.5 Å². The van der Waals surface area contributed by atoms with Crippen molar-refractivity contribution in [1.29, 1.82) is 0 Å². The molecule has 1 saturated carbocycles. The third kappa shape index (κ3) is 3.03. The van der Waals surface area contributed by atoms with Crippen LogP contribution in [0.25, 0.3) is 21.8 Å². The minimum Gasteiger partial charge on any atom is -0.267 e. The predicted octanol–water partition coefficient (Wildman–Crippen LogP) is 1.79. The molecule has 2 heterocycles. The topological polar surface area (TPSA) is 95.6 Å². The van der Waals surface area contributed by atoms with Crippen molar-refractivity contribution in [2.75, 3.05) is 0 Å². The summed E-state index contributed by atoms with van der Waals surface area (Å²) in [4.78, 5) is 25.7. The Balaban J connectivity index is 1.61. The maximum Gasteiger partial charge on any atom is 0.278 e. The number of aromatic nitrogens is 6. The van der Waals surface area contributed by atoms with Crippen molar-refractivity contribution in [3.05, 3.63) is 68.5 Å². The summed E-state index contributed by atoms with van der Waals surface area (Å²) < 4.78 is 16.0. The molecule has 8 nitrogen and oxygen atoms in total. The smallest absolute Gasteiger partial charge is 0.267 e. The summed E-state index contributed by atoms with van der Waals surface area (Å²) in [5.41, 5.74) is 0.496. The summed E-state index contributed by atoms with van der Waals surface area (Å²) in [5.74, 6) is 2.13. The van der Waals surface area contributed by atoms with E-state index in [1.165, 1.54) is 28.9 Å². The van der Waals surface area contributed by atoms with Crippen molar-refractivity contribution >= 4 is 21.8 Å². The predicted molar refractivity (Wildman–Crippen MR) is 107 cm³/mol. The maximum atomic E-state index is 13.5. The highest BCUT2D eigenvalue weighted by Crippen LogP contribution is 2.32. The van der Waals surface area contributed by atoms with Crippen LogP contribution in [-0.4, -0.2) is 30.0 Å². The molecule has 1 aliphatic rings. The van der Waals surface area contributed by atoms with Crippen LogP contribution in [0.2, 0.25) is 0 Å². The molecule has 0 spiro atoms. The normalized spacial score (nSPS) is 14.7. The fourth-order valence-corrected chi connectivity index (χ4v) is 3.47. The molecule has 4 aromatic rings. The standard InChI is InChI=1S/C21H15FN6O2/c1-2-14(9-12-4-3-5-13(22)8-12)27-20(29)16-10-19-17(11-18(16)23-25-27)21(30)28(26-24-19)15-6-7-15/h1,3-5,8,10-11,14-15H,6-7,9H2/t14-/m1/s1. The average molecular weight is 402 g/mol.